The van der Waals surface area contributed by atoms with E-state index in [2.05, 4.69) is 113 Å². The average molecular weight is 766 g/mol. The first-order valence-electron chi connectivity index (χ1n) is 21.5. The molecule has 0 amide bonds. The van der Waals surface area contributed by atoms with E-state index in [0.29, 0.717) is 0 Å². The van der Waals surface area contributed by atoms with Crippen LogP contribution in [0.2, 0.25) is 0 Å². The van der Waals surface area contributed by atoms with Gasteiger partial charge < -0.3 is 14.9 Å². The van der Waals surface area contributed by atoms with Crippen molar-refractivity contribution < 1.29 is 4.57 Å². The maximum Gasteiger partial charge on any atom is 0.169 e. The number of aromatic nitrogens is 5. The minimum absolute atomic E-state index is 0.793. The summed E-state index contributed by atoms with van der Waals surface area (Å²) in [5.74, 6) is 13.8. The molecule has 2 aliphatic heterocycles. The summed E-state index contributed by atoms with van der Waals surface area (Å²) in [4.78, 5) is 19.8. The molecule has 7 rings (SSSR count). The standard InChI is InChI=1S/C52H56N6/c1-4-6-8-10-12-14-34-58(35-15-13-11-9-7-5-2)46-24-16-40(17-25-46)18-26-47-49-28-20-42(53-49)38-44-22-30-51(55-44)48(27-19-41-32-36-57(3)37-33-41)52-31-23-45(56-52)39-43-21-29-50(47)54-43/h16-17,20-25,28-33,36-39H,4-15,34-35H2,1-3H3,(H,53,54,55,56)/p+1. The monoisotopic (exact) mass is 765 g/mol. The van der Waals surface area contributed by atoms with Crippen molar-refractivity contribution in [3.05, 3.63) is 130 Å². The largest absolute Gasteiger partial charge is 0.372 e. The van der Waals surface area contributed by atoms with Gasteiger partial charge in [-0.15, -0.1) is 0 Å². The van der Waals surface area contributed by atoms with E-state index in [1.807, 2.05) is 60.4 Å². The number of anilines is 1. The summed E-state index contributed by atoms with van der Waals surface area (Å²) >= 11 is 0. The molecule has 0 atom stereocenters. The first-order chi connectivity index (χ1) is 28.5. The Balaban J connectivity index is 1.19. The van der Waals surface area contributed by atoms with Crippen LogP contribution in [-0.4, -0.2) is 33.0 Å². The van der Waals surface area contributed by atoms with Crippen molar-refractivity contribution in [1.82, 2.24) is 19.9 Å². The van der Waals surface area contributed by atoms with Crippen LogP contribution in [0.15, 0.2) is 85.2 Å². The zero-order valence-corrected chi connectivity index (χ0v) is 34.6. The first-order valence-corrected chi connectivity index (χ1v) is 21.5. The molecule has 6 nitrogen and oxygen atoms in total. The van der Waals surface area contributed by atoms with Crippen molar-refractivity contribution >= 4 is 52.1 Å². The summed E-state index contributed by atoms with van der Waals surface area (Å²) in [5.41, 5.74) is 12.0. The highest BCUT2D eigenvalue weighted by Crippen LogP contribution is 2.24. The minimum atomic E-state index is 0.793. The van der Waals surface area contributed by atoms with Gasteiger partial charge in [0.05, 0.1) is 44.9 Å². The molecule has 2 N–H and O–H groups in total. The molecule has 1 aromatic carbocycles. The van der Waals surface area contributed by atoms with Gasteiger partial charge in [0.15, 0.2) is 12.4 Å². The van der Waals surface area contributed by atoms with Gasteiger partial charge in [-0.25, -0.2) is 14.5 Å². The second-order valence-electron chi connectivity index (χ2n) is 15.5. The molecule has 0 aliphatic carbocycles. The van der Waals surface area contributed by atoms with Crippen LogP contribution in [-0.2, 0) is 7.05 Å². The lowest BCUT2D eigenvalue weighted by Crippen LogP contribution is -2.25. The van der Waals surface area contributed by atoms with Crippen molar-refractivity contribution in [3.8, 4) is 23.7 Å². The third-order valence-electron chi connectivity index (χ3n) is 10.8. The number of pyridine rings is 1. The number of benzene rings is 1. The maximum absolute atomic E-state index is 4.99. The molecule has 58 heavy (non-hydrogen) atoms. The van der Waals surface area contributed by atoms with Crippen LogP contribution < -0.4 is 9.47 Å². The topological polar surface area (TPSA) is 64.5 Å². The molecule has 0 saturated heterocycles. The van der Waals surface area contributed by atoms with Crippen molar-refractivity contribution in [3.63, 3.8) is 0 Å². The molecule has 6 heterocycles. The van der Waals surface area contributed by atoms with Gasteiger partial charge in [0, 0.05) is 53.1 Å². The van der Waals surface area contributed by atoms with Gasteiger partial charge in [-0.05, 0) is 97.8 Å². The Morgan fingerprint density at radius 3 is 1.53 bits per heavy atom. The number of hydrogen-bond acceptors (Lipinski definition) is 3. The fraction of sp³-hybridized carbons (Fsp3) is 0.327. The molecular formula is C52H57N6+. The number of aryl methyl sites for hydroxylation is 1. The highest BCUT2D eigenvalue weighted by Gasteiger charge is 2.12. The number of aromatic amines is 2. The lowest BCUT2D eigenvalue weighted by Gasteiger charge is -2.25. The van der Waals surface area contributed by atoms with Gasteiger partial charge in [-0.1, -0.05) is 102 Å². The zero-order valence-electron chi connectivity index (χ0n) is 34.6. The molecule has 8 bridgehead atoms. The van der Waals surface area contributed by atoms with E-state index in [0.717, 1.165) is 80.2 Å². The number of H-pyrrole nitrogens is 2. The van der Waals surface area contributed by atoms with Crippen LogP contribution in [0.25, 0.3) is 46.4 Å². The highest BCUT2D eigenvalue weighted by atomic mass is 15.1. The summed E-state index contributed by atoms with van der Waals surface area (Å²) in [7, 11) is 2.00. The number of nitrogens with one attached hydrogen (secondary N) is 2. The maximum atomic E-state index is 4.99. The Morgan fingerprint density at radius 1 is 0.517 bits per heavy atom. The van der Waals surface area contributed by atoms with E-state index in [4.69, 9.17) is 9.97 Å². The summed E-state index contributed by atoms with van der Waals surface area (Å²) in [6.07, 6.45) is 27.9. The SMILES string of the molecule is CCCCCCCCN(CCCCCCCC)c1ccc(C#Cc2c3ccc(cc4nc(c(C#Cc5cc[n+](C)cc5)c5nc(cc6ccc2[nH]6)C=C5)C=C4)[nH]3)cc1. The van der Waals surface area contributed by atoms with Crippen LogP contribution in [0.1, 0.15) is 136 Å². The van der Waals surface area contributed by atoms with Crippen molar-refractivity contribution in [2.45, 2.75) is 90.9 Å². The Morgan fingerprint density at radius 2 is 1.00 bits per heavy atom. The Kier molecular flexibility index (Phi) is 14.1. The average Bonchev–Trinajstić information content (AvgIpc) is 4.08. The summed E-state index contributed by atoms with van der Waals surface area (Å²) in [5, 5.41) is 0. The predicted octanol–water partition coefficient (Wildman–Crippen LogP) is 11.8. The number of unbranched alkanes of at least 4 members (excludes halogenated alkanes) is 10. The van der Waals surface area contributed by atoms with Gasteiger partial charge >= 0.3 is 0 Å². The summed E-state index contributed by atoms with van der Waals surface area (Å²) in [6.45, 7) is 6.81. The van der Waals surface area contributed by atoms with Crippen LogP contribution in [0.3, 0.4) is 0 Å². The lowest BCUT2D eigenvalue weighted by molar-refractivity contribution is -0.671. The predicted molar refractivity (Wildman–Crippen MR) is 244 cm³/mol. The number of rotatable bonds is 15. The fourth-order valence-corrected chi connectivity index (χ4v) is 7.48. The minimum Gasteiger partial charge on any atom is -0.372 e. The van der Waals surface area contributed by atoms with Crippen LogP contribution in [0, 0.1) is 23.7 Å². The third kappa shape index (κ3) is 11.0. The lowest BCUT2D eigenvalue weighted by atomic mass is 10.1. The highest BCUT2D eigenvalue weighted by molar-refractivity contribution is 5.83. The van der Waals surface area contributed by atoms with E-state index >= 15 is 0 Å². The Hall–Kier alpha value is -6.11. The molecule has 0 fully saturated rings. The third-order valence-corrected chi connectivity index (χ3v) is 10.8. The van der Waals surface area contributed by atoms with Gasteiger partial charge in [0.1, 0.15) is 7.05 Å². The van der Waals surface area contributed by atoms with E-state index in [1.165, 1.54) is 82.7 Å². The second-order valence-corrected chi connectivity index (χ2v) is 15.5. The molecule has 0 saturated carbocycles. The summed E-state index contributed by atoms with van der Waals surface area (Å²) in [6, 6.07) is 25.4. The fourth-order valence-electron chi connectivity index (χ4n) is 7.48. The van der Waals surface area contributed by atoms with Crippen LogP contribution >= 0.6 is 0 Å². The van der Waals surface area contributed by atoms with Gasteiger partial charge in [0.2, 0.25) is 0 Å². The van der Waals surface area contributed by atoms with E-state index in [-0.39, 0.29) is 0 Å². The molecule has 6 heteroatoms. The molecule has 5 aromatic rings. The number of fused-ring (bicyclic) bond motifs is 8. The van der Waals surface area contributed by atoms with Crippen molar-refractivity contribution in [2.24, 2.45) is 7.05 Å². The van der Waals surface area contributed by atoms with Crippen LogP contribution in [0.5, 0.6) is 0 Å². The van der Waals surface area contributed by atoms with E-state index in [9.17, 15) is 0 Å². The van der Waals surface area contributed by atoms with Crippen LogP contribution in [0.4, 0.5) is 5.69 Å². The van der Waals surface area contributed by atoms with E-state index in [1.54, 1.807) is 0 Å². The van der Waals surface area contributed by atoms with Gasteiger partial charge in [-0.2, -0.15) is 0 Å². The molecule has 294 valence electrons. The quantitative estimate of drug-likeness (QED) is 0.0621. The zero-order chi connectivity index (χ0) is 39.9. The molecule has 4 aromatic heterocycles. The van der Waals surface area contributed by atoms with Gasteiger partial charge in [0.25, 0.3) is 0 Å². The molecule has 2 aliphatic rings. The van der Waals surface area contributed by atoms with Crippen molar-refractivity contribution in [1.29, 1.82) is 0 Å². The first kappa shape index (κ1) is 40.1. The second kappa shape index (κ2) is 20.4. The van der Waals surface area contributed by atoms with E-state index < -0.39 is 0 Å². The van der Waals surface area contributed by atoms with Crippen molar-refractivity contribution in [2.75, 3.05) is 18.0 Å². The molecule has 0 spiro atoms. The normalized spacial score (nSPS) is 11.6. The molecule has 0 radical (unpaired) electrons. The number of nitrogens with zero attached hydrogens (tertiary/aromatic N) is 4. The molecular weight excluding hydrogens is 709 g/mol. The summed E-state index contributed by atoms with van der Waals surface area (Å²) < 4.78 is 2.00. The number of hydrogen-bond donors (Lipinski definition) is 2. The van der Waals surface area contributed by atoms with Gasteiger partial charge in [-0.3, -0.25) is 0 Å². The molecule has 0 unspecified atom stereocenters. The smallest absolute Gasteiger partial charge is 0.169 e. The Labute approximate surface area is 345 Å². The Bertz CT molecular complexity index is 2400.